The Kier molecular flexibility index (Phi) is 5.13. The van der Waals surface area contributed by atoms with Crippen molar-refractivity contribution in [2.45, 2.75) is 26.7 Å². The first-order chi connectivity index (χ1) is 5.54. The molecule has 0 aromatic rings. The van der Waals surface area contributed by atoms with Crippen LogP contribution in [0.5, 0.6) is 0 Å². The standard InChI is InChI=1S/C9H18O3/c1-8(2)6-7-12-9(3,10-4)11-5/h6H,7H2,1-5H3. The maximum Gasteiger partial charge on any atom is 0.279 e. The minimum atomic E-state index is -0.925. The van der Waals surface area contributed by atoms with Crippen molar-refractivity contribution in [1.29, 1.82) is 0 Å². The van der Waals surface area contributed by atoms with Crippen LogP contribution in [0.4, 0.5) is 0 Å². The predicted octanol–water partition coefficient (Wildman–Crippen LogP) is 1.94. The first kappa shape index (κ1) is 11.6. The van der Waals surface area contributed by atoms with Crippen LogP contribution >= 0.6 is 0 Å². The molecule has 0 unspecified atom stereocenters. The van der Waals surface area contributed by atoms with E-state index in [0.717, 1.165) is 0 Å². The van der Waals surface area contributed by atoms with Crippen molar-refractivity contribution in [3.8, 4) is 0 Å². The van der Waals surface area contributed by atoms with E-state index < -0.39 is 5.97 Å². The van der Waals surface area contributed by atoms with Gasteiger partial charge in [0.15, 0.2) is 0 Å². The van der Waals surface area contributed by atoms with Gasteiger partial charge in [-0.2, -0.15) is 0 Å². The average molecular weight is 174 g/mol. The van der Waals surface area contributed by atoms with Gasteiger partial charge >= 0.3 is 0 Å². The molecule has 0 radical (unpaired) electrons. The van der Waals surface area contributed by atoms with Crippen molar-refractivity contribution in [3.63, 3.8) is 0 Å². The largest absolute Gasteiger partial charge is 0.331 e. The van der Waals surface area contributed by atoms with Gasteiger partial charge in [-0.3, -0.25) is 0 Å². The van der Waals surface area contributed by atoms with Crippen LogP contribution in [0.1, 0.15) is 20.8 Å². The molecule has 0 bridgehead atoms. The summed E-state index contributed by atoms with van der Waals surface area (Å²) in [4.78, 5) is 0. The third-order valence-corrected chi connectivity index (χ3v) is 1.58. The molecule has 0 saturated carbocycles. The van der Waals surface area contributed by atoms with Crippen LogP contribution in [-0.4, -0.2) is 26.8 Å². The monoisotopic (exact) mass is 174 g/mol. The molecule has 3 heteroatoms. The van der Waals surface area contributed by atoms with Gasteiger partial charge in [-0.1, -0.05) is 11.6 Å². The van der Waals surface area contributed by atoms with E-state index in [4.69, 9.17) is 14.2 Å². The third kappa shape index (κ3) is 4.49. The second kappa shape index (κ2) is 5.30. The Bertz CT molecular complexity index is 144. The van der Waals surface area contributed by atoms with E-state index in [-0.39, 0.29) is 0 Å². The SMILES string of the molecule is COC(C)(OC)OCC=C(C)C. The van der Waals surface area contributed by atoms with Crippen molar-refractivity contribution in [2.24, 2.45) is 0 Å². The van der Waals surface area contributed by atoms with Crippen LogP contribution in [-0.2, 0) is 14.2 Å². The summed E-state index contributed by atoms with van der Waals surface area (Å²) >= 11 is 0. The van der Waals surface area contributed by atoms with E-state index in [1.54, 1.807) is 21.1 Å². The highest BCUT2D eigenvalue weighted by Gasteiger charge is 2.22. The zero-order valence-corrected chi connectivity index (χ0v) is 8.51. The van der Waals surface area contributed by atoms with Crippen molar-refractivity contribution < 1.29 is 14.2 Å². The van der Waals surface area contributed by atoms with Crippen molar-refractivity contribution in [3.05, 3.63) is 11.6 Å². The summed E-state index contributed by atoms with van der Waals surface area (Å²) in [6, 6.07) is 0. The Morgan fingerprint density at radius 3 is 2.08 bits per heavy atom. The molecule has 0 aliphatic carbocycles. The normalized spacial score (nSPS) is 11.4. The van der Waals surface area contributed by atoms with Gasteiger partial charge in [-0.05, 0) is 13.8 Å². The molecule has 72 valence electrons. The molecule has 0 aliphatic rings. The lowest BCUT2D eigenvalue weighted by Crippen LogP contribution is -2.33. The molecule has 0 saturated heterocycles. The van der Waals surface area contributed by atoms with E-state index in [1.165, 1.54) is 5.57 Å². The number of rotatable bonds is 5. The lowest BCUT2D eigenvalue weighted by molar-refractivity contribution is -0.346. The van der Waals surface area contributed by atoms with Crippen LogP contribution in [0, 0.1) is 0 Å². The van der Waals surface area contributed by atoms with Gasteiger partial charge < -0.3 is 14.2 Å². The molecule has 0 aliphatic heterocycles. The summed E-state index contributed by atoms with van der Waals surface area (Å²) in [6.45, 7) is 6.26. The summed E-state index contributed by atoms with van der Waals surface area (Å²) in [5.74, 6) is -0.925. The summed E-state index contributed by atoms with van der Waals surface area (Å²) in [7, 11) is 3.10. The number of hydrogen-bond acceptors (Lipinski definition) is 3. The topological polar surface area (TPSA) is 27.7 Å². The Labute approximate surface area is 74.3 Å². The summed E-state index contributed by atoms with van der Waals surface area (Å²) in [6.07, 6.45) is 1.97. The Morgan fingerprint density at radius 2 is 1.75 bits per heavy atom. The average Bonchev–Trinajstić information content (AvgIpc) is 2.03. The van der Waals surface area contributed by atoms with Crippen molar-refractivity contribution in [1.82, 2.24) is 0 Å². The molecular formula is C9H18O3. The smallest absolute Gasteiger partial charge is 0.279 e. The van der Waals surface area contributed by atoms with Crippen LogP contribution in [0.15, 0.2) is 11.6 Å². The maximum absolute atomic E-state index is 5.32. The molecule has 0 spiro atoms. The zero-order valence-electron chi connectivity index (χ0n) is 8.51. The van der Waals surface area contributed by atoms with Gasteiger partial charge in [0.05, 0.1) is 6.61 Å². The molecule has 3 nitrogen and oxygen atoms in total. The summed E-state index contributed by atoms with van der Waals surface area (Å²) < 4.78 is 15.3. The predicted molar refractivity (Wildman–Crippen MR) is 47.8 cm³/mol. The lowest BCUT2D eigenvalue weighted by Gasteiger charge is -2.25. The fourth-order valence-corrected chi connectivity index (χ4v) is 0.561. The van der Waals surface area contributed by atoms with Gasteiger partial charge in [0.25, 0.3) is 5.97 Å². The molecule has 0 fully saturated rings. The number of ether oxygens (including phenoxy) is 3. The van der Waals surface area contributed by atoms with Crippen LogP contribution in [0.3, 0.4) is 0 Å². The molecule has 0 amide bonds. The van der Waals surface area contributed by atoms with Crippen molar-refractivity contribution >= 4 is 0 Å². The first-order valence-corrected chi connectivity index (χ1v) is 3.91. The van der Waals surface area contributed by atoms with Gasteiger partial charge in [0, 0.05) is 21.1 Å². The molecular weight excluding hydrogens is 156 g/mol. The number of hydrogen-bond donors (Lipinski definition) is 0. The van der Waals surface area contributed by atoms with Crippen molar-refractivity contribution in [2.75, 3.05) is 20.8 Å². The Balaban J connectivity index is 3.81. The molecule has 0 heterocycles. The first-order valence-electron chi connectivity index (χ1n) is 3.91. The highest BCUT2D eigenvalue weighted by Crippen LogP contribution is 2.11. The summed E-state index contributed by atoms with van der Waals surface area (Å²) in [5, 5.41) is 0. The van der Waals surface area contributed by atoms with Crippen LogP contribution in [0.2, 0.25) is 0 Å². The van der Waals surface area contributed by atoms with Gasteiger partial charge in [0.2, 0.25) is 0 Å². The number of methoxy groups -OCH3 is 2. The van der Waals surface area contributed by atoms with Crippen LogP contribution in [0.25, 0.3) is 0 Å². The van der Waals surface area contributed by atoms with Gasteiger partial charge in [0.1, 0.15) is 0 Å². The van der Waals surface area contributed by atoms with E-state index in [0.29, 0.717) is 6.61 Å². The van der Waals surface area contributed by atoms with E-state index in [9.17, 15) is 0 Å². The van der Waals surface area contributed by atoms with Gasteiger partial charge in [-0.25, -0.2) is 0 Å². The second-order valence-electron chi connectivity index (χ2n) is 2.86. The minimum Gasteiger partial charge on any atom is -0.331 e. The highest BCUT2D eigenvalue weighted by molar-refractivity contribution is 4.92. The zero-order chi connectivity index (χ0) is 9.61. The second-order valence-corrected chi connectivity index (χ2v) is 2.86. The van der Waals surface area contributed by atoms with E-state index in [1.807, 2.05) is 19.9 Å². The van der Waals surface area contributed by atoms with E-state index in [2.05, 4.69) is 0 Å². The molecule has 0 aromatic heterocycles. The van der Waals surface area contributed by atoms with Gasteiger partial charge in [-0.15, -0.1) is 0 Å². The molecule has 0 atom stereocenters. The molecule has 12 heavy (non-hydrogen) atoms. The quantitative estimate of drug-likeness (QED) is 0.471. The Morgan fingerprint density at radius 1 is 1.25 bits per heavy atom. The minimum absolute atomic E-state index is 0.501. The lowest BCUT2D eigenvalue weighted by atomic mass is 10.3. The molecule has 0 aromatic carbocycles. The van der Waals surface area contributed by atoms with E-state index >= 15 is 0 Å². The van der Waals surface area contributed by atoms with Crippen LogP contribution < -0.4 is 0 Å². The third-order valence-electron chi connectivity index (χ3n) is 1.58. The fraction of sp³-hybridized carbons (Fsp3) is 0.778. The maximum atomic E-state index is 5.32. The molecule has 0 rings (SSSR count). The Hall–Kier alpha value is -0.380. The fourth-order valence-electron chi connectivity index (χ4n) is 0.561. The highest BCUT2D eigenvalue weighted by atomic mass is 16.9. The number of allylic oxidation sites excluding steroid dienone is 1. The summed E-state index contributed by atoms with van der Waals surface area (Å²) in [5.41, 5.74) is 1.21. The molecule has 0 N–H and O–H groups in total.